The Labute approximate surface area is 125 Å². The van der Waals surface area contributed by atoms with Gasteiger partial charge >= 0.3 is 0 Å². The molecule has 0 saturated carbocycles. The number of methoxy groups -OCH3 is 1. The molecule has 0 aliphatic rings. The normalized spacial score (nSPS) is 14.9. The van der Waals surface area contributed by atoms with E-state index in [4.69, 9.17) is 4.74 Å². The van der Waals surface area contributed by atoms with Gasteiger partial charge in [0, 0.05) is 13.7 Å². The first-order valence-electron chi connectivity index (χ1n) is 7.04. The van der Waals surface area contributed by atoms with Gasteiger partial charge in [0.15, 0.2) is 0 Å². The van der Waals surface area contributed by atoms with E-state index < -0.39 is 0 Å². The van der Waals surface area contributed by atoms with Crippen molar-refractivity contribution in [1.82, 2.24) is 15.1 Å². The Morgan fingerprint density at radius 1 is 1.42 bits per heavy atom. The topological polar surface area (TPSA) is 39.1 Å². The Bertz CT molecular complexity index is 379. The van der Waals surface area contributed by atoms with Gasteiger partial charge in [-0.2, -0.15) is 5.10 Å². The molecule has 0 radical (unpaired) electrons. The van der Waals surface area contributed by atoms with Gasteiger partial charge in [-0.1, -0.05) is 20.8 Å². The first-order chi connectivity index (χ1) is 9.06. The summed E-state index contributed by atoms with van der Waals surface area (Å²) in [5.74, 6) is 0.437. The fraction of sp³-hybridized carbons (Fsp3) is 0.786. The third-order valence-electron chi connectivity index (χ3n) is 3.30. The zero-order valence-electron chi connectivity index (χ0n) is 12.6. The average molecular weight is 332 g/mol. The van der Waals surface area contributed by atoms with Gasteiger partial charge in [0.1, 0.15) is 0 Å². The molecule has 2 unspecified atom stereocenters. The largest absolute Gasteiger partial charge is 0.379 e. The van der Waals surface area contributed by atoms with E-state index in [1.807, 2.05) is 10.9 Å². The summed E-state index contributed by atoms with van der Waals surface area (Å²) >= 11 is 3.62. The molecule has 0 bridgehead atoms. The zero-order chi connectivity index (χ0) is 14.4. The van der Waals surface area contributed by atoms with Crippen LogP contribution < -0.4 is 5.32 Å². The van der Waals surface area contributed by atoms with Crippen LogP contribution >= 0.6 is 15.9 Å². The Morgan fingerprint density at radius 3 is 2.58 bits per heavy atom. The van der Waals surface area contributed by atoms with E-state index in [0.717, 1.165) is 24.0 Å². The third kappa shape index (κ3) is 4.04. The third-order valence-corrected chi connectivity index (χ3v) is 3.91. The molecule has 19 heavy (non-hydrogen) atoms. The van der Waals surface area contributed by atoms with Crippen LogP contribution in [0.1, 0.15) is 45.9 Å². The Morgan fingerprint density at radius 2 is 2.11 bits per heavy atom. The molecule has 1 heterocycles. The molecule has 1 aromatic heterocycles. The van der Waals surface area contributed by atoms with Crippen LogP contribution in [0.15, 0.2) is 10.7 Å². The van der Waals surface area contributed by atoms with Crippen LogP contribution in [0.3, 0.4) is 0 Å². The fourth-order valence-electron chi connectivity index (χ4n) is 2.39. The second-order valence-electron chi connectivity index (χ2n) is 5.07. The Balaban J connectivity index is 3.10. The molecule has 0 aromatic carbocycles. The molecular weight excluding hydrogens is 306 g/mol. The van der Waals surface area contributed by atoms with Gasteiger partial charge in [0.05, 0.1) is 28.5 Å². The minimum atomic E-state index is 0.129. The van der Waals surface area contributed by atoms with Crippen molar-refractivity contribution in [3.05, 3.63) is 16.4 Å². The zero-order valence-corrected chi connectivity index (χ0v) is 14.2. The van der Waals surface area contributed by atoms with Crippen molar-refractivity contribution in [2.75, 3.05) is 13.7 Å². The quantitative estimate of drug-likeness (QED) is 0.793. The second kappa shape index (κ2) is 8.02. The van der Waals surface area contributed by atoms with E-state index in [0.29, 0.717) is 5.92 Å². The van der Waals surface area contributed by atoms with E-state index in [2.05, 4.69) is 54.0 Å². The number of nitrogens with one attached hydrogen (secondary N) is 1. The van der Waals surface area contributed by atoms with Crippen molar-refractivity contribution in [2.45, 2.75) is 52.8 Å². The molecule has 0 aliphatic heterocycles. The number of ether oxygens (including phenoxy) is 1. The molecule has 5 heteroatoms. The maximum Gasteiger partial charge on any atom is 0.0804 e. The minimum Gasteiger partial charge on any atom is -0.379 e. The standard InChI is InChI=1S/C14H26BrN3O/c1-6-8-16-12(14(19-5)10(3)4)13-11(15)9-17-18(13)7-2/h9-10,12,14,16H,6-8H2,1-5H3. The predicted molar refractivity (Wildman–Crippen MR) is 82.3 cm³/mol. The highest BCUT2D eigenvalue weighted by molar-refractivity contribution is 9.10. The molecule has 2 atom stereocenters. The monoisotopic (exact) mass is 331 g/mol. The smallest absolute Gasteiger partial charge is 0.0804 e. The van der Waals surface area contributed by atoms with Crippen LogP contribution in [0.25, 0.3) is 0 Å². The molecule has 0 fully saturated rings. The van der Waals surface area contributed by atoms with Gasteiger partial charge in [-0.25, -0.2) is 0 Å². The Hall–Kier alpha value is -0.390. The number of rotatable bonds is 8. The summed E-state index contributed by atoms with van der Waals surface area (Å²) in [6, 6.07) is 0.154. The SMILES string of the molecule is CCCNC(c1c(Br)cnn1CC)C(OC)C(C)C. The van der Waals surface area contributed by atoms with Crippen molar-refractivity contribution in [2.24, 2.45) is 5.92 Å². The van der Waals surface area contributed by atoms with Gasteiger partial charge < -0.3 is 10.1 Å². The Kier molecular flexibility index (Phi) is 7.04. The predicted octanol–water partition coefficient (Wildman–Crippen LogP) is 3.38. The van der Waals surface area contributed by atoms with Crippen molar-refractivity contribution in [3.63, 3.8) is 0 Å². The van der Waals surface area contributed by atoms with E-state index in [9.17, 15) is 0 Å². The molecule has 0 aliphatic carbocycles. The van der Waals surface area contributed by atoms with Crippen molar-refractivity contribution < 1.29 is 4.74 Å². The van der Waals surface area contributed by atoms with Gasteiger partial charge in [0.2, 0.25) is 0 Å². The molecule has 110 valence electrons. The molecule has 0 amide bonds. The van der Waals surface area contributed by atoms with E-state index in [-0.39, 0.29) is 12.1 Å². The lowest BCUT2D eigenvalue weighted by Gasteiger charge is -2.30. The summed E-state index contributed by atoms with van der Waals surface area (Å²) in [4.78, 5) is 0. The van der Waals surface area contributed by atoms with Gasteiger partial charge in [-0.05, 0) is 41.7 Å². The van der Waals surface area contributed by atoms with Crippen molar-refractivity contribution >= 4 is 15.9 Å². The lowest BCUT2D eigenvalue weighted by molar-refractivity contribution is 0.0299. The highest BCUT2D eigenvalue weighted by Crippen LogP contribution is 2.30. The van der Waals surface area contributed by atoms with Crippen LogP contribution in [-0.2, 0) is 11.3 Å². The second-order valence-corrected chi connectivity index (χ2v) is 5.92. The van der Waals surface area contributed by atoms with Crippen LogP contribution in [0, 0.1) is 5.92 Å². The molecule has 1 rings (SSSR count). The lowest BCUT2D eigenvalue weighted by atomic mass is 9.96. The van der Waals surface area contributed by atoms with Crippen LogP contribution in [-0.4, -0.2) is 29.5 Å². The molecule has 0 saturated heterocycles. The number of hydrogen-bond acceptors (Lipinski definition) is 3. The highest BCUT2D eigenvalue weighted by atomic mass is 79.9. The number of aryl methyl sites for hydroxylation is 1. The van der Waals surface area contributed by atoms with E-state index >= 15 is 0 Å². The van der Waals surface area contributed by atoms with Crippen LogP contribution in [0.4, 0.5) is 0 Å². The van der Waals surface area contributed by atoms with E-state index in [1.165, 1.54) is 5.69 Å². The molecule has 1 N–H and O–H groups in total. The van der Waals surface area contributed by atoms with Gasteiger partial charge in [-0.3, -0.25) is 4.68 Å². The number of halogens is 1. The highest BCUT2D eigenvalue weighted by Gasteiger charge is 2.29. The number of aromatic nitrogens is 2. The van der Waals surface area contributed by atoms with Crippen molar-refractivity contribution in [1.29, 1.82) is 0 Å². The summed E-state index contributed by atoms with van der Waals surface area (Å²) in [6.07, 6.45) is 3.10. The molecule has 0 spiro atoms. The average Bonchev–Trinajstić information content (AvgIpc) is 2.75. The van der Waals surface area contributed by atoms with Crippen molar-refractivity contribution in [3.8, 4) is 0 Å². The fourth-order valence-corrected chi connectivity index (χ4v) is 2.94. The first-order valence-corrected chi connectivity index (χ1v) is 7.83. The van der Waals surface area contributed by atoms with Gasteiger partial charge in [-0.15, -0.1) is 0 Å². The summed E-state index contributed by atoms with van der Waals surface area (Å²) in [5.41, 5.74) is 1.18. The lowest BCUT2D eigenvalue weighted by Crippen LogP contribution is -2.38. The van der Waals surface area contributed by atoms with Gasteiger partial charge in [0.25, 0.3) is 0 Å². The van der Waals surface area contributed by atoms with Crippen LogP contribution in [0.5, 0.6) is 0 Å². The number of hydrogen-bond donors (Lipinski definition) is 1. The summed E-state index contributed by atoms with van der Waals surface area (Å²) in [5, 5.41) is 8.02. The maximum atomic E-state index is 5.72. The maximum absolute atomic E-state index is 5.72. The summed E-state index contributed by atoms with van der Waals surface area (Å²) < 4.78 is 8.81. The van der Waals surface area contributed by atoms with E-state index in [1.54, 1.807) is 7.11 Å². The minimum absolute atomic E-state index is 0.129. The number of nitrogens with zero attached hydrogens (tertiary/aromatic N) is 2. The first kappa shape index (κ1) is 16.7. The summed E-state index contributed by atoms with van der Waals surface area (Å²) in [6.45, 7) is 10.5. The molecular formula is C14H26BrN3O. The summed E-state index contributed by atoms with van der Waals surface area (Å²) in [7, 11) is 1.78. The van der Waals surface area contributed by atoms with Crippen LogP contribution in [0.2, 0.25) is 0 Å². The molecule has 4 nitrogen and oxygen atoms in total. The molecule has 1 aromatic rings.